The fourth-order valence-electron chi connectivity index (χ4n) is 2.84. The number of nitrogens with one attached hydrogen (secondary N) is 1. The predicted molar refractivity (Wildman–Crippen MR) is 94.4 cm³/mol. The topological polar surface area (TPSA) is 61.2 Å². The van der Waals surface area contributed by atoms with Crippen molar-refractivity contribution in [2.45, 2.75) is 18.9 Å². The van der Waals surface area contributed by atoms with Gasteiger partial charge in [0.1, 0.15) is 36.5 Å². The molecule has 1 aliphatic heterocycles. The molecule has 0 amide bonds. The monoisotopic (exact) mass is 336 g/mol. The zero-order valence-electron chi connectivity index (χ0n) is 13.8. The van der Waals surface area contributed by atoms with Crippen molar-refractivity contribution in [2.24, 2.45) is 0 Å². The SMILES string of the molecule is c1ncn(-c2ccc(Oc3ccc(OCC4CCCN4)cc3)cc2)n1. The van der Waals surface area contributed by atoms with Crippen LogP contribution in [0.1, 0.15) is 12.8 Å². The van der Waals surface area contributed by atoms with Gasteiger partial charge in [0.25, 0.3) is 0 Å². The van der Waals surface area contributed by atoms with Crippen LogP contribution in [0.15, 0.2) is 61.2 Å². The quantitative estimate of drug-likeness (QED) is 0.749. The van der Waals surface area contributed by atoms with Gasteiger partial charge >= 0.3 is 0 Å². The third-order valence-electron chi connectivity index (χ3n) is 4.19. The number of ether oxygens (including phenoxy) is 2. The van der Waals surface area contributed by atoms with Crippen LogP contribution in [0.2, 0.25) is 0 Å². The minimum atomic E-state index is 0.472. The summed E-state index contributed by atoms with van der Waals surface area (Å²) >= 11 is 0. The third kappa shape index (κ3) is 3.97. The van der Waals surface area contributed by atoms with Crippen LogP contribution >= 0.6 is 0 Å². The largest absolute Gasteiger partial charge is 0.492 e. The Balaban J connectivity index is 1.34. The first-order chi connectivity index (χ1) is 12.4. The molecule has 1 aromatic heterocycles. The van der Waals surface area contributed by atoms with Crippen LogP contribution in [-0.4, -0.2) is 34.0 Å². The summed E-state index contributed by atoms with van der Waals surface area (Å²) in [5.74, 6) is 2.41. The summed E-state index contributed by atoms with van der Waals surface area (Å²) < 4.78 is 13.4. The van der Waals surface area contributed by atoms with E-state index in [2.05, 4.69) is 15.4 Å². The van der Waals surface area contributed by atoms with Crippen molar-refractivity contribution in [3.8, 4) is 22.9 Å². The maximum absolute atomic E-state index is 5.87. The van der Waals surface area contributed by atoms with Crippen molar-refractivity contribution in [1.29, 1.82) is 0 Å². The smallest absolute Gasteiger partial charge is 0.138 e. The summed E-state index contributed by atoms with van der Waals surface area (Å²) in [6.45, 7) is 1.81. The molecule has 128 valence electrons. The molecule has 2 aromatic carbocycles. The Kier molecular flexibility index (Phi) is 4.61. The first-order valence-corrected chi connectivity index (χ1v) is 8.46. The molecule has 2 heterocycles. The Morgan fingerprint density at radius 1 is 1.00 bits per heavy atom. The number of hydrogen-bond acceptors (Lipinski definition) is 5. The molecule has 1 saturated heterocycles. The molecular formula is C19H20N4O2. The van der Waals surface area contributed by atoms with E-state index in [0.717, 1.165) is 29.5 Å². The maximum atomic E-state index is 5.87. The van der Waals surface area contributed by atoms with Gasteiger partial charge < -0.3 is 14.8 Å². The van der Waals surface area contributed by atoms with Crippen molar-refractivity contribution < 1.29 is 9.47 Å². The Bertz CT molecular complexity index is 779. The molecule has 6 nitrogen and oxygen atoms in total. The van der Waals surface area contributed by atoms with Crippen molar-refractivity contribution in [1.82, 2.24) is 20.1 Å². The van der Waals surface area contributed by atoms with Gasteiger partial charge in [-0.3, -0.25) is 0 Å². The zero-order valence-corrected chi connectivity index (χ0v) is 13.8. The minimum Gasteiger partial charge on any atom is -0.492 e. The molecule has 4 rings (SSSR count). The molecule has 1 fully saturated rings. The van der Waals surface area contributed by atoms with E-state index in [1.54, 1.807) is 11.0 Å². The minimum absolute atomic E-state index is 0.472. The lowest BCUT2D eigenvalue weighted by Crippen LogP contribution is -2.28. The normalized spacial score (nSPS) is 16.7. The average Bonchev–Trinajstić information content (AvgIpc) is 3.36. The zero-order chi connectivity index (χ0) is 16.9. The first kappa shape index (κ1) is 15.7. The van der Waals surface area contributed by atoms with E-state index in [0.29, 0.717) is 12.6 Å². The lowest BCUT2D eigenvalue weighted by molar-refractivity contribution is 0.277. The summed E-state index contributed by atoms with van der Waals surface area (Å²) in [7, 11) is 0. The second-order valence-electron chi connectivity index (χ2n) is 6.01. The fraction of sp³-hybridized carbons (Fsp3) is 0.263. The van der Waals surface area contributed by atoms with Gasteiger partial charge in [-0.1, -0.05) is 0 Å². The molecule has 0 saturated carbocycles. The summed E-state index contributed by atoms with van der Waals surface area (Å²) in [5.41, 5.74) is 0.939. The van der Waals surface area contributed by atoms with E-state index in [1.165, 1.54) is 19.2 Å². The van der Waals surface area contributed by atoms with Crippen molar-refractivity contribution in [3.63, 3.8) is 0 Å². The molecule has 0 bridgehead atoms. The van der Waals surface area contributed by atoms with Gasteiger partial charge in [0.2, 0.25) is 0 Å². The summed E-state index contributed by atoms with van der Waals surface area (Å²) in [5, 5.41) is 7.53. The van der Waals surface area contributed by atoms with Gasteiger partial charge in [-0.2, -0.15) is 5.10 Å². The highest BCUT2D eigenvalue weighted by molar-refractivity contribution is 5.39. The van der Waals surface area contributed by atoms with Gasteiger partial charge in [-0.05, 0) is 67.9 Å². The highest BCUT2D eigenvalue weighted by Gasteiger charge is 2.14. The number of rotatable bonds is 6. The average molecular weight is 336 g/mol. The van der Waals surface area contributed by atoms with Crippen LogP contribution in [-0.2, 0) is 0 Å². The van der Waals surface area contributed by atoms with Gasteiger partial charge in [0.05, 0.1) is 5.69 Å². The van der Waals surface area contributed by atoms with Crippen molar-refractivity contribution in [2.75, 3.05) is 13.2 Å². The Morgan fingerprint density at radius 3 is 2.36 bits per heavy atom. The highest BCUT2D eigenvalue weighted by atomic mass is 16.5. The van der Waals surface area contributed by atoms with E-state index < -0.39 is 0 Å². The highest BCUT2D eigenvalue weighted by Crippen LogP contribution is 2.25. The van der Waals surface area contributed by atoms with E-state index in [4.69, 9.17) is 9.47 Å². The lowest BCUT2D eigenvalue weighted by atomic mass is 10.2. The Hall–Kier alpha value is -2.86. The molecule has 25 heavy (non-hydrogen) atoms. The summed E-state index contributed by atoms with van der Waals surface area (Å²) in [6, 6.07) is 15.9. The van der Waals surface area contributed by atoms with Gasteiger partial charge in [0.15, 0.2) is 0 Å². The Labute approximate surface area is 146 Å². The second kappa shape index (κ2) is 7.36. The molecule has 6 heteroatoms. The number of nitrogens with zero attached hydrogens (tertiary/aromatic N) is 3. The van der Waals surface area contributed by atoms with Crippen LogP contribution < -0.4 is 14.8 Å². The maximum Gasteiger partial charge on any atom is 0.138 e. The molecule has 1 atom stereocenters. The molecular weight excluding hydrogens is 316 g/mol. The Morgan fingerprint density at radius 2 is 1.72 bits per heavy atom. The van der Waals surface area contributed by atoms with Crippen molar-refractivity contribution in [3.05, 3.63) is 61.2 Å². The fourth-order valence-corrected chi connectivity index (χ4v) is 2.84. The molecule has 3 aromatic rings. The van der Waals surface area contributed by atoms with Gasteiger partial charge in [-0.15, -0.1) is 0 Å². The van der Waals surface area contributed by atoms with E-state index in [9.17, 15) is 0 Å². The van der Waals surface area contributed by atoms with Crippen LogP contribution in [0.5, 0.6) is 17.2 Å². The third-order valence-corrected chi connectivity index (χ3v) is 4.19. The molecule has 0 spiro atoms. The summed E-state index contributed by atoms with van der Waals surface area (Å²) in [4.78, 5) is 3.94. The van der Waals surface area contributed by atoms with Gasteiger partial charge in [-0.25, -0.2) is 9.67 Å². The predicted octanol–water partition coefficient (Wildman–Crippen LogP) is 3.19. The van der Waals surface area contributed by atoms with Crippen LogP contribution in [0.3, 0.4) is 0 Å². The lowest BCUT2D eigenvalue weighted by Gasteiger charge is -2.12. The van der Waals surface area contributed by atoms with Gasteiger partial charge in [0, 0.05) is 6.04 Å². The van der Waals surface area contributed by atoms with E-state index >= 15 is 0 Å². The standard InChI is InChI=1S/C19H20N4O2/c1-2-15(21-11-1)12-24-17-7-9-19(10-8-17)25-18-5-3-16(4-6-18)23-14-20-13-22-23/h3-10,13-15,21H,1-2,11-12H2. The number of hydrogen-bond donors (Lipinski definition) is 1. The molecule has 0 radical (unpaired) electrons. The molecule has 1 aliphatic rings. The van der Waals surface area contributed by atoms with Crippen molar-refractivity contribution >= 4 is 0 Å². The number of benzene rings is 2. The van der Waals surface area contributed by atoms with Crippen LogP contribution in [0, 0.1) is 0 Å². The van der Waals surface area contributed by atoms with Crippen LogP contribution in [0.4, 0.5) is 0 Å². The molecule has 1 N–H and O–H groups in total. The second-order valence-corrected chi connectivity index (χ2v) is 6.01. The first-order valence-electron chi connectivity index (χ1n) is 8.46. The van der Waals surface area contributed by atoms with E-state index in [1.807, 2.05) is 48.5 Å². The van der Waals surface area contributed by atoms with E-state index in [-0.39, 0.29) is 0 Å². The molecule has 1 unspecified atom stereocenters. The summed E-state index contributed by atoms with van der Waals surface area (Å²) in [6.07, 6.45) is 5.59. The number of aromatic nitrogens is 3. The molecule has 0 aliphatic carbocycles. The van der Waals surface area contributed by atoms with Crippen LogP contribution in [0.25, 0.3) is 5.69 Å².